The Labute approximate surface area is 192 Å². The molecule has 0 aliphatic heterocycles. The molecule has 1 atom stereocenters. The molecule has 0 fully saturated rings. The van der Waals surface area contributed by atoms with Crippen LogP contribution in [0.3, 0.4) is 0 Å². The molecular weight excluding hydrogens is 509 g/mol. The van der Waals surface area contributed by atoms with Crippen LogP contribution in [0.25, 0.3) is 0 Å². The first kappa shape index (κ1) is 25.9. The molecule has 1 aromatic carbocycles. The van der Waals surface area contributed by atoms with E-state index in [1.54, 1.807) is 32.2 Å². The van der Waals surface area contributed by atoms with Gasteiger partial charge in [0.05, 0.1) is 12.3 Å². The zero-order valence-corrected chi connectivity index (χ0v) is 20.1. The van der Waals surface area contributed by atoms with Gasteiger partial charge in [0.15, 0.2) is 17.5 Å². The van der Waals surface area contributed by atoms with E-state index in [1.165, 1.54) is 0 Å². The minimum absolute atomic E-state index is 0. The normalized spacial score (nSPS) is 12.3. The molecule has 0 aliphatic rings. The SMILES string of the molecule is CCOc1cccc(CNC(=NC)NCC(C)c2c(C)noc2C)c1OC(F)F.I. The fourth-order valence-electron chi connectivity index (χ4n) is 3.14. The van der Waals surface area contributed by atoms with E-state index in [-0.39, 0.29) is 47.9 Å². The highest BCUT2D eigenvalue weighted by molar-refractivity contribution is 14.0. The summed E-state index contributed by atoms with van der Waals surface area (Å²) in [6.07, 6.45) is 0. The molecule has 7 nitrogen and oxygen atoms in total. The van der Waals surface area contributed by atoms with Crippen LogP contribution in [0, 0.1) is 13.8 Å². The number of aliphatic imine (C=N–C) groups is 1. The van der Waals surface area contributed by atoms with Gasteiger partial charge in [0.1, 0.15) is 5.76 Å². The average Bonchev–Trinajstić information content (AvgIpc) is 3.02. The van der Waals surface area contributed by atoms with E-state index in [9.17, 15) is 8.78 Å². The lowest BCUT2D eigenvalue weighted by Crippen LogP contribution is -2.38. The topological polar surface area (TPSA) is 80.9 Å². The largest absolute Gasteiger partial charge is 0.490 e. The molecule has 0 saturated heterocycles. The monoisotopic (exact) mass is 538 g/mol. The summed E-state index contributed by atoms with van der Waals surface area (Å²) in [6, 6.07) is 5.03. The van der Waals surface area contributed by atoms with Gasteiger partial charge < -0.3 is 24.6 Å². The number of hydrogen-bond donors (Lipinski definition) is 2. The molecule has 0 amide bonds. The van der Waals surface area contributed by atoms with Gasteiger partial charge in [0.25, 0.3) is 0 Å². The number of ether oxygens (including phenoxy) is 2. The van der Waals surface area contributed by atoms with Crippen molar-refractivity contribution in [1.29, 1.82) is 0 Å². The molecule has 0 spiro atoms. The first-order valence-corrected chi connectivity index (χ1v) is 9.44. The number of halogens is 3. The average molecular weight is 538 g/mol. The van der Waals surface area contributed by atoms with Gasteiger partial charge in [-0.05, 0) is 26.8 Å². The molecule has 0 saturated carbocycles. The Morgan fingerprint density at radius 2 is 2.00 bits per heavy atom. The van der Waals surface area contributed by atoms with Gasteiger partial charge in [0.2, 0.25) is 0 Å². The molecule has 2 rings (SSSR count). The van der Waals surface area contributed by atoms with Gasteiger partial charge in [-0.3, -0.25) is 4.99 Å². The fraction of sp³-hybridized carbons (Fsp3) is 0.500. The third-order valence-electron chi connectivity index (χ3n) is 4.39. The minimum Gasteiger partial charge on any atom is -0.490 e. The summed E-state index contributed by atoms with van der Waals surface area (Å²) in [5.74, 6) is 1.78. The van der Waals surface area contributed by atoms with Crippen molar-refractivity contribution in [2.75, 3.05) is 20.2 Å². The Bertz CT molecular complexity index is 811. The number of guanidine groups is 1. The van der Waals surface area contributed by atoms with E-state index in [2.05, 4.69) is 27.7 Å². The third kappa shape index (κ3) is 6.99. The van der Waals surface area contributed by atoms with Crippen LogP contribution >= 0.6 is 24.0 Å². The zero-order valence-electron chi connectivity index (χ0n) is 17.8. The number of para-hydroxylation sites is 1. The van der Waals surface area contributed by atoms with E-state index in [0.717, 1.165) is 17.0 Å². The summed E-state index contributed by atoms with van der Waals surface area (Å²) in [5.41, 5.74) is 2.46. The highest BCUT2D eigenvalue weighted by Gasteiger charge is 2.18. The maximum absolute atomic E-state index is 12.8. The summed E-state index contributed by atoms with van der Waals surface area (Å²) >= 11 is 0. The van der Waals surface area contributed by atoms with Gasteiger partial charge in [-0.15, -0.1) is 24.0 Å². The lowest BCUT2D eigenvalue weighted by molar-refractivity contribution is -0.0520. The standard InChI is InChI=1S/C20H28F2N4O3.HI/c1-6-27-16-9-7-8-15(18(16)28-19(21)22)11-25-20(23-5)24-10-12(2)17-13(3)26-29-14(17)4;/h7-9,12,19H,6,10-11H2,1-5H3,(H2,23,24,25);1H. The lowest BCUT2D eigenvalue weighted by atomic mass is 10.00. The summed E-state index contributed by atoms with van der Waals surface area (Å²) in [7, 11) is 1.64. The third-order valence-corrected chi connectivity index (χ3v) is 4.39. The van der Waals surface area contributed by atoms with Crippen LogP contribution in [0.1, 0.15) is 42.3 Å². The van der Waals surface area contributed by atoms with E-state index in [1.807, 2.05) is 13.8 Å². The Balaban J connectivity index is 0.00000450. The molecule has 2 N–H and O–H groups in total. The van der Waals surface area contributed by atoms with E-state index in [4.69, 9.17) is 14.0 Å². The smallest absolute Gasteiger partial charge is 0.387 e. The number of hydrogen-bond acceptors (Lipinski definition) is 5. The van der Waals surface area contributed by atoms with Crippen molar-refractivity contribution >= 4 is 29.9 Å². The quantitative estimate of drug-likeness (QED) is 0.280. The number of benzene rings is 1. The molecule has 2 aromatic rings. The van der Waals surface area contributed by atoms with Gasteiger partial charge in [-0.25, -0.2) is 0 Å². The van der Waals surface area contributed by atoms with E-state index >= 15 is 0 Å². The molecule has 0 aliphatic carbocycles. The molecule has 0 bridgehead atoms. The molecule has 30 heavy (non-hydrogen) atoms. The van der Waals surface area contributed by atoms with Crippen molar-refractivity contribution in [3.63, 3.8) is 0 Å². The van der Waals surface area contributed by atoms with Crippen LogP contribution in [0.4, 0.5) is 8.78 Å². The number of aromatic nitrogens is 1. The predicted molar refractivity (Wildman–Crippen MR) is 122 cm³/mol. The van der Waals surface area contributed by atoms with E-state index < -0.39 is 6.61 Å². The van der Waals surface area contributed by atoms with Gasteiger partial charge in [-0.2, -0.15) is 8.78 Å². The van der Waals surface area contributed by atoms with Crippen molar-refractivity contribution in [3.8, 4) is 11.5 Å². The second kappa shape index (κ2) is 12.6. The number of nitrogens with one attached hydrogen (secondary N) is 2. The van der Waals surface area contributed by atoms with Crippen LogP contribution < -0.4 is 20.1 Å². The summed E-state index contributed by atoms with van der Waals surface area (Å²) in [4.78, 5) is 4.19. The second-order valence-corrected chi connectivity index (χ2v) is 6.50. The molecule has 0 radical (unpaired) electrons. The number of aryl methyl sites for hydroxylation is 2. The Kier molecular flexibility index (Phi) is 10.8. The van der Waals surface area contributed by atoms with Gasteiger partial charge in [0, 0.05) is 37.2 Å². The van der Waals surface area contributed by atoms with E-state index in [0.29, 0.717) is 24.7 Å². The van der Waals surface area contributed by atoms with Crippen LogP contribution in [0.2, 0.25) is 0 Å². The van der Waals surface area contributed by atoms with Gasteiger partial charge >= 0.3 is 6.61 Å². The lowest BCUT2D eigenvalue weighted by Gasteiger charge is -2.18. The Hall–Kier alpha value is -2.11. The van der Waals surface area contributed by atoms with Crippen molar-refractivity contribution in [2.24, 2.45) is 4.99 Å². The van der Waals surface area contributed by atoms with Crippen molar-refractivity contribution in [2.45, 2.75) is 46.8 Å². The first-order chi connectivity index (χ1) is 13.9. The highest BCUT2D eigenvalue weighted by Crippen LogP contribution is 2.32. The Morgan fingerprint density at radius 3 is 2.57 bits per heavy atom. The highest BCUT2D eigenvalue weighted by atomic mass is 127. The number of rotatable bonds is 9. The van der Waals surface area contributed by atoms with Crippen LogP contribution in [0.5, 0.6) is 11.5 Å². The summed E-state index contributed by atoms with van der Waals surface area (Å²) in [5, 5.41) is 10.3. The van der Waals surface area contributed by atoms with Crippen LogP contribution in [-0.4, -0.2) is 37.9 Å². The maximum Gasteiger partial charge on any atom is 0.387 e. The fourth-order valence-corrected chi connectivity index (χ4v) is 3.14. The van der Waals surface area contributed by atoms with Crippen molar-refractivity contribution in [3.05, 3.63) is 40.8 Å². The predicted octanol–water partition coefficient (Wildman–Crippen LogP) is 4.38. The summed E-state index contributed by atoms with van der Waals surface area (Å²) in [6.45, 7) is 5.88. The van der Waals surface area contributed by atoms with Crippen molar-refractivity contribution < 1.29 is 22.8 Å². The zero-order chi connectivity index (χ0) is 21.4. The van der Waals surface area contributed by atoms with Gasteiger partial charge in [-0.1, -0.05) is 24.2 Å². The number of nitrogens with zero attached hydrogens (tertiary/aromatic N) is 2. The Morgan fingerprint density at radius 1 is 1.27 bits per heavy atom. The summed E-state index contributed by atoms with van der Waals surface area (Å²) < 4.78 is 41.0. The minimum atomic E-state index is -2.94. The molecule has 1 aromatic heterocycles. The van der Waals surface area contributed by atoms with Crippen LogP contribution in [0.15, 0.2) is 27.7 Å². The maximum atomic E-state index is 12.8. The molecule has 168 valence electrons. The molecular formula is C20H29F2IN4O3. The number of alkyl halides is 2. The molecule has 1 heterocycles. The first-order valence-electron chi connectivity index (χ1n) is 9.44. The second-order valence-electron chi connectivity index (χ2n) is 6.50. The van der Waals surface area contributed by atoms with Crippen LogP contribution in [-0.2, 0) is 6.54 Å². The molecule has 1 unspecified atom stereocenters. The van der Waals surface area contributed by atoms with Crippen molar-refractivity contribution in [1.82, 2.24) is 15.8 Å². The molecule has 10 heteroatoms.